The van der Waals surface area contributed by atoms with Gasteiger partial charge in [0.25, 0.3) is 0 Å². The Kier molecular flexibility index (Phi) is 5.79. The number of nitrogens with one attached hydrogen (secondary N) is 1. The van der Waals surface area contributed by atoms with Gasteiger partial charge in [-0.25, -0.2) is 0 Å². The SMILES string of the molecule is CC(C)N1CCC(NC(=O)CCC(=O)c2ccc(Cl)s2)C1. The van der Waals surface area contributed by atoms with Crippen molar-refractivity contribution in [3.05, 3.63) is 21.3 Å². The van der Waals surface area contributed by atoms with Gasteiger partial charge in [0.05, 0.1) is 9.21 Å². The third-order valence-corrected chi connectivity index (χ3v) is 5.01. The van der Waals surface area contributed by atoms with E-state index >= 15 is 0 Å². The fourth-order valence-corrected chi connectivity index (χ4v) is 3.50. The average Bonchev–Trinajstić information content (AvgIpc) is 3.05. The highest BCUT2D eigenvalue weighted by atomic mass is 35.5. The summed E-state index contributed by atoms with van der Waals surface area (Å²) in [4.78, 5) is 26.8. The zero-order valence-electron chi connectivity index (χ0n) is 12.4. The van der Waals surface area contributed by atoms with E-state index in [9.17, 15) is 9.59 Å². The molecule has 21 heavy (non-hydrogen) atoms. The van der Waals surface area contributed by atoms with E-state index in [-0.39, 0.29) is 30.6 Å². The molecule has 1 atom stereocenters. The summed E-state index contributed by atoms with van der Waals surface area (Å²) in [6.07, 6.45) is 1.47. The molecule has 0 saturated carbocycles. The molecule has 116 valence electrons. The van der Waals surface area contributed by atoms with Crippen molar-refractivity contribution in [1.29, 1.82) is 0 Å². The van der Waals surface area contributed by atoms with Crippen molar-refractivity contribution in [2.75, 3.05) is 13.1 Å². The van der Waals surface area contributed by atoms with E-state index in [1.54, 1.807) is 12.1 Å². The van der Waals surface area contributed by atoms with Crippen LogP contribution in [0.2, 0.25) is 4.34 Å². The molecule has 2 heterocycles. The minimum Gasteiger partial charge on any atom is -0.352 e. The minimum absolute atomic E-state index is 0.0164. The topological polar surface area (TPSA) is 49.4 Å². The molecule has 1 aliphatic rings. The molecule has 1 aromatic heterocycles. The van der Waals surface area contributed by atoms with Gasteiger partial charge in [0.15, 0.2) is 5.78 Å². The van der Waals surface area contributed by atoms with E-state index in [2.05, 4.69) is 24.1 Å². The maximum atomic E-state index is 11.9. The van der Waals surface area contributed by atoms with Crippen LogP contribution in [0.3, 0.4) is 0 Å². The van der Waals surface area contributed by atoms with Gasteiger partial charge in [-0.05, 0) is 32.4 Å². The van der Waals surface area contributed by atoms with Crippen LogP contribution in [0.5, 0.6) is 0 Å². The molecule has 1 aromatic rings. The van der Waals surface area contributed by atoms with Gasteiger partial charge in [0.1, 0.15) is 0 Å². The normalized spacial score (nSPS) is 19.1. The largest absolute Gasteiger partial charge is 0.352 e. The Morgan fingerprint density at radius 2 is 2.19 bits per heavy atom. The maximum absolute atomic E-state index is 11.9. The molecule has 0 aliphatic carbocycles. The highest BCUT2D eigenvalue weighted by Crippen LogP contribution is 2.23. The summed E-state index contributed by atoms with van der Waals surface area (Å²) in [5.74, 6) is -0.0566. The second kappa shape index (κ2) is 7.38. The van der Waals surface area contributed by atoms with E-state index in [1.165, 1.54) is 11.3 Å². The van der Waals surface area contributed by atoms with Crippen LogP contribution < -0.4 is 5.32 Å². The number of ketones is 1. The fraction of sp³-hybridized carbons (Fsp3) is 0.600. The highest BCUT2D eigenvalue weighted by Gasteiger charge is 2.25. The van der Waals surface area contributed by atoms with Gasteiger partial charge in [0.2, 0.25) is 5.91 Å². The zero-order chi connectivity index (χ0) is 15.4. The molecule has 0 aromatic carbocycles. The fourth-order valence-electron chi connectivity index (χ4n) is 2.49. The molecule has 4 nitrogen and oxygen atoms in total. The zero-order valence-corrected chi connectivity index (χ0v) is 14.0. The number of carbonyl (C=O) groups is 2. The van der Waals surface area contributed by atoms with Gasteiger partial charge in [-0.3, -0.25) is 14.5 Å². The van der Waals surface area contributed by atoms with Crippen LogP contribution in [-0.2, 0) is 4.79 Å². The summed E-state index contributed by atoms with van der Waals surface area (Å²) < 4.78 is 0.600. The van der Waals surface area contributed by atoms with Gasteiger partial charge in [-0.2, -0.15) is 0 Å². The predicted octanol–water partition coefficient (Wildman–Crippen LogP) is 2.96. The smallest absolute Gasteiger partial charge is 0.220 e. The average molecular weight is 329 g/mol. The van der Waals surface area contributed by atoms with Crippen LogP contribution in [-0.4, -0.2) is 41.8 Å². The second-order valence-corrected chi connectivity index (χ2v) is 7.38. The van der Waals surface area contributed by atoms with Crippen LogP contribution in [0.25, 0.3) is 0 Å². The third-order valence-electron chi connectivity index (χ3n) is 3.74. The number of Topliss-reactive ketones (excluding diaryl/α,β-unsaturated/α-hetero) is 1. The van der Waals surface area contributed by atoms with Crippen molar-refractivity contribution in [2.45, 2.75) is 45.2 Å². The van der Waals surface area contributed by atoms with E-state index in [0.29, 0.717) is 15.3 Å². The number of rotatable bonds is 6. The van der Waals surface area contributed by atoms with E-state index in [0.717, 1.165) is 19.5 Å². The molecule has 2 rings (SSSR count). The third kappa shape index (κ3) is 4.80. The monoisotopic (exact) mass is 328 g/mol. The molecule has 1 saturated heterocycles. The number of hydrogen-bond acceptors (Lipinski definition) is 4. The predicted molar refractivity (Wildman–Crippen MR) is 86.2 cm³/mol. The molecule has 1 amide bonds. The molecule has 0 spiro atoms. The number of thiophene rings is 1. The van der Waals surface area contributed by atoms with Crippen molar-refractivity contribution in [3.8, 4) is 0 Å². The first-order valence-electron chi connectivity index (χ1n) is 7.27. The van der Waals surface area contributed by atoms with Crippen LogP contribution in [0.15, 0.2) is 12.1 Å². The first kappa shape index (κ1) is 16.5. The highest BCUT2D eigenvalue weighted by molar-refractivity contribution is 7.18. The number of nitrogens with zero attached hydrogens (tertiary/aromatic N) is 1. The van der Waals surface area contributed by atoms with Crippen LogP contribution >= 0.6 is 22.9 Å². The Bertz CT molecular complexity index is 516. The molecule has 1 N–H and O–H groups in total. The number of halogens is 1. The molecule has 0 bridgehead atoms. The Morgan fingerprint density at radius 3 is 2.76 bits per heavy atom. The molecule has 1 unspecified atom stereocenters. The van der Waals surface area contributed by atoms with Crippen LogP contribution in [0, 0.1) is 0 Å². The number of amides is 1. The van der Waals surface area contributed by atoms with Crippen molar-refractivity contribution >= 4 is 34.6 Å². The lowest BCUT2D eigenvalue weighted by atomic mass is 10.1. The summed E-state index contributed by atoms with van der Waals surface area (Å²) in [7, 11) is 0. The maximum Gasteiger partial charge on any atom is 0.220 e. The van der Waals surface area contributed by atoms with Crippen molar-refractivity contribution in [1.82, 2.24) is 10.2 Å². The van der Waals surface area contributed by atoms with Gasteiger partial charge >= 0.3 is 0 Å². The molecule has 0 radical (unpaired) electrons. The summed E-state index contributed by atoms with van der Waals surface area (Å²) in [6.45, 7) is 6.25. The Morgan fingerprint density at radius 1 is 1.43 bits per heavy atom. The van der Waals surface area contributed by atoms with E-state index in [1.807, 2.05) is 0 Å². The van der Waals surface area contributed by atoms with Crippen LogP contribution in [0.1, 0.15) is 42.8 Å². The number of likely N-dealkylation sites (tertiary alicyclic amines) is 1. The van der Waals surface area contributed by atoms with Gasteiger partial charge < -0.3 is 5.32 Å². The lowest BCUT2D eigenvalue weighted by Gasteiger charge is -2.20. The quantitative estimate of drug-likeness (QED) is 0.817. The summed E-state index contributed by atoms with van der Waals surface area (Å²) in [6, 6.07) is 4.15. The summed E-state index contributed by atoms with van der Waals surface area (Å²) in [5.41, 5.74) is 0. The molecule has 1 aliphatic heterocycles. The molecular weight excluding hydrogens is 308 g/mol. The lowest BCUT2D eigenvalue weighted by Crippen LogP contribution is -2.38. The van der Waals surface area contributed by atoms with Crippen molar-refractivity contribution < 1.29 is 9.59 Å². The second-order valence-electron chi connectivity index (χ2n) is 5.67. The number of carbonyl (C=O) groups excluding carboxylic acids is 2. The van der Waals surface area contributed by atoms with Crippen molar-refractivity contribution in [2.24, 2.45) is 0 Å². The van der Waals surface area contributed by atoms with Gasteiger partial charge in [0, 0.05) is 38.0 Å². The first-order chi connectivity index (χ1) is 9.95. The molecule has 6 heteroatoms. The van der Waals surface area contributed by atoms with Gasteiger partial charge in [-0.15, -0.1) is 11.3 Å². The summed E-state index contributed by atoms with van der Waals surface area (Å²) in [5, 5.41) is 3.02. The van der Waals surface area contributed by atoms with E-state index < -0.39 is 0 Å². The Hall–Kier alpha value is -0.910. The Balaban J connectivity index is 1.72. The van der Waals surface area contributed by atoms with Crippen LogP contribution in [0.4, 0.5) is 0 Å². The minimum atomic E-state index is -0.0402. The Labute approximate surface area is 134 Å². The number of hydrogen-bond donors (Lipinski definition) is 1. The van der Waals surface area contributed by atoms with Crippen molar-refractivity contribution in [3.63, 3.8) is 0 Å². The van der Waals surface area contributed by atoms with Gasteiger partial charge in [-0.1, -0.05) is 11.6 Å². The summed E-state index contributed by atoms with van der Waals surface area (Å²) >= 11 is 7.06. The standard InChI is InChI=1S/C15H21ClN2O2S/c1-10(2)18-8-7-11(9-18)17-15(20)6-3-12(19)13-4-5-14(16)21-13/h4-5,10-11H,3,6-9H2,1-2H3,(H,17,20). The van der Waals surface area contributed by atoms with E-state index in [4.69, 9.17) is 11.6 Å². The molecular formula is C15H21ClN2O2S. The lowest BCUT2D eigenvalue weighted by molar-refractivity contribution is -0.121. The molecule has 1 fully saturated rings. The first-order valence-corrected chi connectivity index (χ1v) is 8.47.